The predicted octanol–water partition coefficient (Wildman–Crippen LogP) is 1.45. The molecule has 0 aromatic rings. The third-order valence-electron chi connectivity index (χ3n) is 4.89. The number of carbonyl (C=O) groups is 1. The summed E-state index contributed by atoms with van der Waals surface area (Å²) in [7, 11) is 2.16. The van der Waals surface area contributed by atoms with Gasteiger partial charge in [0, 0.05) is 38.1 Å². The van der Waals surface area contributed by atoms with E-state index in [1.807, 2.05) is 0 Å². The van der Waals surface area contributed by atoms with Crippen LogP contribution in [0.5, 0.6) is 0 Å². The van der Waals surface area contributed by atoms with Crippen molar-refractivity contribution < 1.29 is 4.79 Å². The Morgan fingerprint density at radius 3 is 2.79 bits per heavy atom. The minimum atomic E-state index is 0.322. The minimum Gasteiger partial charge on any atom is -0.340 e. The average molecular weight is 267 g/mol. The van der Waals surface area contributed by atoms with E-state index in [9.17, 15) is 4.79 Å². The summed E-state index contributed by atoms with van der Waals surface area (Å²) in [5, 5.41) is 0. The lowest BCUT2D eigenvalue weighted by Gasteiger charge is -2.40. The second kappa shape index (κ2) is 6.71. The van der Waals surface area contributed by atoms with Gasteiger partial charge in [-0.25, -0.2) is 0 Å². The van der Waals surface area contributed by atoms with Crippen LogP contribution in [0.4, 0.5) is 0 Å². The van der Waals surface area contributed by atoms with Gasteiger partial charge in [0.05, 0.1) is 0 Å². The molecule has 3 atom stereocenters. The molecule has 1 saturated heterocycles. The number of hydrogen-bond acceptors (Lipinski definition) is 3. The van der Waals surface area contributed by atoms with Crippen molar-refractivity contribution in [3.8, 4) is 0 Å². The largest absolute Gasteiger partial charge is 0.340 e. The van der Waals surface area contributed by atoms with Crippen LogP contribution in [-0.2, 0) is 4.79 Å². The van der Waals surface area contributed by atoms with Gasteiger partial charge in [0.2, 0.25) is 5.91 Å². The molecule has 2 N–H and O–H groups in total. The molecule has 2 rings (SSSR count). The molecule has 1 aliphatic heterocycles. The molecule has 0 spiro atoms. The monoisotopic (exact) mass is 267 g/mol. The van der Waals surface area contributed by atoms with Crippen molar-refractivity contribution in [2.24, 2.45) is 11.7 Å². The maximum absolute atomic E-state index is 12.4. The van der Waals surface area contributed by atoms with Gasteiger partial charge in [-0.05, 0) is 38.6 Å². The number of rotatable bonds is 3. The first-order chi connectivity index (χ1) is 9.10. The molecular formula is C15H29N3O. The Morgan fingerprint density at radius 2 is 2.11 bits per heavy atom. The van der Waals surface area contributed by atoms with Gasteiger partial charge in [-0.1, -0.05) is 13.3 Å². The van der Waals surface area contributed by atoms with Gasteiger partial charge in [0.15, 0.2) is 0 Å². The number of amides is 1. The first kappa shape index (κ1) is 14.8. The van der Waals surface area contributed by atoms with Gasteiger partial charge in [-0.2, -0.15) is 0 Å². The van der Waals surface area contributed by atoms with E-state index in [0.717, 1.165) is 38.9 Å². The van der Waals surface area contributed by atoms with Crippen LogP contribution < -0.4 is 5.73 Å². The number of carbonyl (C=O) groups excluding carboxylic acids is 1. The van der Waals surface area contributed by atoms with Crippen LogP contribution in [0, 0.1) is 5.92 Å². The van der Waals surface area contributed by atoms with Gasteiger partial charge < -0.3 is 10.6 Å². The quantitative estimate of drug-likeness (QED) is 0.842. The minimum absolute atomic E-state index is 0.322. The lowest BCUT2D eigenvalue weighted by molar-refractivity contribution is -0.135. The van der Waals surface area contributed by atoms with Crippen molar-refractivity contribution in [2.75, 3.05) is 26.7 Å². The summed E-state index contributed by atoms with van der Waals surface area (Å²) in [6, 6.07) is 0.855. The van der Waals surface area contributed by atoms with Crippen LogP contribution in [0.1, 0.15) is 45.4 Å². The second-order valence-corrected chi connectivity index (χ2v) is 6.38. The van der Waals surface area contributed by atoms with Crippen molar-refractivity contribution in [3.63, 3.8) is 0 Å². The van der Waals surface area contributed by atoms with Crippen LogP contribution >= 0.6 is 0 Å². The molecule has 2 aliphatic rings. The Morgan fingerprint density at radius 1 is 1.32 bits per heavy atom. The summed E-state index contributed by atoms with van der Waals surface area (Å²) in [4.78, 5) is 16.9. The van der Waals surface area contributed by atoms with Gasteiger partial charge in [-0.15, -0.1) is 0 Å². The van der Waals surface area contributed by atoms with Crippen LogP contribution in [0.2, 0.25) is 0 Å². The number of nitrogens with zero attached hydrogens (tertiary/aromatic N) is 2. The molecule has 1 aliphatic carbocycles. The van der Waals surface area contributed by atoms with Crippen LogP contribution in [-0.4, -0.2) is 54.5 Å². The van der Waals surface area contributed by atoms with E-state index in [0.29, 0.717) is 30.3 Å². The molecule has 0 aromatic heterocycles. The highest BCUT2D eigenvalue weighted by Gasteiger charge is 2.28. The number of likely N-dealkylation sites (N-methyl/N-ethyl adjacent to an activating group) is 1. The van der Waals surface area contributed by atoms with Crippen molar-refractivity contribution in [1.82, 2.24) is 9.80 Å². The van der Waals surface area contributed by atoms with Crippen molar-refractivity contribution in [2.45, 2.75) is 57.5 Å². The summed E-state index contributed by atoms with van der Waals surface area (Å²) in [5.41, 5.74) is 6.01. The predicted molar refractivity (Wildman–Crippen MR) is 77.8 cm³/mol. The summed E-state index contributed by atoms with van der Waals surface area (Å²) >= 11 is 0. The Balaban J connectivity index is 1.82. The fraction of sp³-hybridized carbons (Fsp3) is 0.933. The third-order valence-corrected chi connectivity index (χ3v) is 4.89. The van der Waals surface area contributed by atoms with Gasteiger partial charge >= 0.3 is 0 Å². The second-order valence-electron chi connectivity index (χ2n) is 6.38. The molecule has 1 heterocycles. The lowest BCUT2D eigenvalue weighted by atomic mass is 9.84. The van der Waals surface area contributed by atoms with E-state index in [2.05, 4.69) is 23.8 Å². The normalized spacial score (nSPS) is 33.4. The molecule has 1 amide bonds. The zero-order chi connectivity index (χ0) is 13.8. The Kier molecular flexibility index (Phi) is 5.22. The molecule has 0 aromatic carbocycles. The van der Waals surface area contributed by atoms with Crippen LogP contribution in [0.15, 0.2) is 0 Å². The third kappa shape index (κ3) is 3.93. The maximum atomic E-state index is 12.4. The highest BCUT2D eigenvalue weighted by atomic mass is 16.2. The summed E-state index contributed by atoms with van der Waals surface area (Å²) in [6.45, 7) is 5.01. The fourth-order valence-electron chi connectivity index (χ4n) is 3.51. The zero-order valence-corrected chi connectivity index (χ0v) is 12.5. The number of nitrogens with two attached hydrogens (primary N) is 1. The van der Waals surface area contributed by atoms with E-state index in [1.165, 1.54) is 12.8 Å². The molecule has 2 fully saturated rings. The highest BCUT2D eigenvalue weighted by Crippen LogP contribution is 2.26. The summed E-state index contributed by atoms with van der Waals surface area (Å²) in [5.74, 6) is 0.877. The van der Waals surface area contributed by atoms with Crippen LogP contribution in [0.3, 0.4) is 0 Å². The Bertz CT molecular complexity index is 308. The molecular weight excluding hydrogens is 238 g/mol. The van der Waals surface area contributed by atoms with E-state index >= 15 is 0 Å². The molecule has 4 heteroatoms. The number of piperazine rings is 1. The fourth-order valence-corrected chi connectivity index (χ4v) is 3.51. The Hall–Kier alpha value is -0.610. The molecule has 3 unspecified atom stereocenters. The van der Waals surface area contributed by atoms with Crippen molar-refractivity contribution in [1.29, 1.82) is 0 Å². The number of hydrogen-bond donors (Lipinski definition) is 1. The summed E-state index contributed by atoms with van der Waals surface area (Å²) in [6.07, 6.45) is 6.39. The van der Waals surface area contributed by atoms with Crippen molar-refractivity contribution in [3.05, 3.63) is 0 Å². The topological polar surface area (TPSA) is 49.6 Å². The molecule has 19 heavy (non-hydrogen) atoms. The van der Waals surface area contributed by atoms with E-state index in [1.54, 1.807) is 0 Å². The molecule has 4 nitrogen and oxygen atoms in total. The lowest BCUT2D eigenvalue weighted by Crippen LogP contribution is -2.53. The zero-order valence-electron chi connectivity index (χ0n) is 12.5. The standard InChI is InChI=1S/C15H29N3O/c1-3-14-11-18(8-7-17(14)2)15(19)10-12-5-4-6-13(16)9-12/h12-14H,3-11,16H2,1-2H3. The molecule has 0 bridgehead atoms. The highest BCUT2D eigenvalue weighted by molar-refractivity contribution is 5.76. The van der Waals surface area contributed by atoms with Gasteiger partial charge in [-0.3, -0.25) is 9.69 Å². The summed E-state index contributed by atoms with van der Waals surface area (Å²) < 4.78 is 0. The first-order valence-electron chi connectivity index (χ1n) is 7.83. The average Bonchev–Trinajstić information content (AvgIpc) is 2.39. The molecule has 110 valence electrons. The molecule has 0 radical (unpaired) electrons. The van der Waals surface area contributed by atoms with Gasteiger partial charge in [0.1, 0.15) is 0 Å². The SMILES string of the molecule is CCC1CN(C(=O)CC2CCCC(N)C2)CCN1C. The Labute approximate surface area is 117 Å². The first-order valence-corrected chi connectivity index (χ1v) is 7.83. The molecule has 1 saturated carbocycles. The van der Waals surface area contributed by atoms with Crippen molar-refractivity contribution >= 4 is 5.91 Å². The van der Waals surface area contributed by atoms with E-state index in [-0.39, 0.29) is 0 Å². The van der Waals surface area contributed by atoms with Crippen LogP contribution in [0.25, 0.3) is 0 Å². The maximum Gasteiger partial charge on any atom is 0.222 e. The van der Waals surface area contributed by atoms with E-state index in [4.69, 9.17) is 5.73 Å². The van der Waals surface area contributed by atoms with Gasteiger partial charge in [0.25, 0.3) is 0 Å². The van der Waals surface area contributed by atoms with E-state index < -0.39 is 0 Å². The smallest absolute Gasteiger partial charge is 0.222 e.